The molecular formula is C29H30N10O3. The van der Waals surface area contributed by atoms with Crippen LogP contribution in [0.25, 0.3) is 22.6 Å². The highest BCUT2D eigenvalue weighted by atomic mass is 16.6. The van der Waals surface area contributed by atoms with Crippen LogP contribution in [0.4, 0.5) is 27.8 Å². The second-order valence-electron chi connectivity index (χ2n) is 11.4. The molecule has 0 aliphatic heterocycles. The molecule has 42 heavy (non-hydrogen) atoms. The van der Waals surface area contributed by atoms with Crippen molar-refractivity contribution < 1.29 is 9.72 Å². The highest BCUT2D eigenvalue weighted by molar-refractivity contribution is 5.99. The van der Waals surface area contributed by atoms with Gasteiger partial charge in [-0.3, -0.25) is 15.4 Å². The van der Waals surface area contributed by atoms with Crippen molar-refractivity contribution in [2.45, 2.75) is 52.0 Å². The Hall–Kier alpha value is -5.33. The third kappa shape index (κ3) is 5.36. The maximum atomic E-state index is 13.1. The minimum Gasteiger partial charge on any atom is -0.364 e. The number of amides is 2. The van der Waals surface area contributed by atoms with Crippen molar-refractivity contribution >= 4 is 34.7 Å². The number of anilines is 3. The summed E-state index contributed by atoms with van der Waals surface area (Å²) in [6.45, 7) is 7.95. The Kier molecular flexibility index (Phi) is 6.56. The molecule has 6 rings (SSSR count). The van der Waals surface area contributed by atoms with Gasteiger partial charge >= 0.3 is 6.03 Å². The number of aromatic nitrogens is 6. The lowest BCUT2D eigenvalue weighted by molar-refractivity contribution is -0.384. The topological polar surface area (TPSA) is 157 Å². The number of carbonyl (C=O) groups is 1. The van der Waals surface area contributed by atoms with E-state index in [4.69, 9.17) is 0 Å². The monoisotopic (exact) mass is 566 g/mol. The highest BCUT2D eigenvalue weighted by Crippen LogP contribution is 2.31. The van der Waals surface area contributed by atoms with E-state index in [2.05, 4.69) is 36.1 Å². The van der Waals surface area contributed by atoms with Gasteiger partial charge in [-0.2, -0.15) is 10.2 Å². The van der Waals surface area contributed by atoms with Crippen molar-refractivity contribution in [2.24, 2.45) is 0 Å². The molecule has 3 heterocycles. The Morgan fingerprint density at radius 2 is 1.88 bits per heavy atom. The predicted octanol–water partition coefficient (Wildman–Crippen LogP) is 5.71. The molecule has 0 saturated heterocycles. The smallest absolute Gasteiger partial charge is 0.324 e. The van der Waals surface area contributed by atoms with Gasteiger partial charge in [-0.25, -0.2) is 24.0 Å². The summed E-state index contributed by atoms with van der Waals surface area (Å²) in [4.78, 5) is 33.0. The quantitative estimate of drug-likeness (QED) is 0.167. The molecule has 0 atom stereocenters. The van der Waals surface area contributed by atoms with E-state index < -0.39 is 11.0 Å². The van der Waals surface area contributed by atoms with Gasteiger partial charge in [0, 0.05) is 40.9 Å². The molecule has 1 saturated carbocycles. The molecule has 1 aliphatic rings. The summed E-state index contributed by atoms with van der Waals surface area (Å²) >= 11 is 0. The molecule has 1 fully saturated rings. The van der Waals surface area contributed by atoms with Gasteiger partial charge in [-0.15, -0.1) is 0 Å². The fourth-order valence-corrected chi connectivity index (χ4v) is 4.60. The molecule has 1 aliphatic carbocycles. The first kappa shape index (κ1) is 26.9. The number of hydrogen-bond acceptors (Lipinski definition) is 8. The van der Waals surface area contributed by atoms with Gasteiger partial charge in [0.25, 0.3) is 5.69 Å². The van der Waals surface area contributed by atoms with Crippen molar-refractivity contribution in [1.29, 1.82) is 0 Å². The van der Waals surface area contributed by atoms with E-state index in [-0.39, 0.29) is 11.1 Å². The maximum absolute atomic E-state index is 13.1. The summed E-state index contributed by atoms with van der Waals surface area (Å²) in [6, 6.07) is 13.4. The van der Waals surface area contributed by atoms with E-state index in [0.717, 1.165) is 35.4 Å². The van der Waals surface area contributed by atoms with Crippen LogP contribution in [-0.2, 0) is 5.41 Å². The zero-order chi connectivity index (χ0) is 29.6. The van der Waals surface area contributed by atoms with Gasteiger partial charge in [0.1, 0.15) is 12.1 Å². The van der Waals surface area contributed by atoms with Crippen LogP contribution in [0.3, 0.4) is 0 Å². The maximum Gasteiger partial charge on any atom is 0.324 e. The summed E-state index contributed by atoms with van der Waals surface area (Å²) in [6.07, 6.45) is 5.54. The molecule has 3 aromatic heterocycles. The number of carbonyl (C=O) groups excluding carboxylic acids is 1. The predicted molar refractivity (Wildman–Crippen MR) is 159 cm³/mol. The minimum absolute atomic E-state index is 0.0709. The third-order valence-corrected chi connectivity index (χ3v) is 6.99. The first-order valence-corrected chi connectivity index (χ1v) is 13.6. The number of aryl methyl sites for hydroxylation is 1. The number of nitro groups is 1. The molecule has 0 unspecified atom stereocenters. The van der Waals surface area contributed by atoms with Crippen LogP contribution in [0.1, 0.15) is 44.9 Å². The first-order chi connectivity index (χ1) is 20.1. The Balaban J connectivity index is 1.24. The number of nitrogens with zero attached hydrogens (tertiary/aromatic N) is 7. The lowest BCUT2D eigenvalue weighted by atomic mass is 9.92. The number of nitrogens with one attached hydrogen (secondary N) is 3. The van der Waals surface area contributed by atoms with Crippen LogP contribution in [0.2, 0.25) is 0 Å². The van der Waals surface area contributed by atoms with Gasteiger partial charge in [-0.05, 0) is 43.5 Å². The zero-order valence-corrected chi connectivity index (χ0v) is 23.6. The molecular weight excluding hydrogens is 536 g/mol. The van der Waals surface area contributed by atoms with E-state index >= 15 is 0 Å². The number of fused-ring (bicyclic) bond motifs is 1. The van der Waals surface area contributed by atoms with E-state index in [1.807, 2.05) is 39.8 Å². The average Bonchev–Trinajstić information content (AvgIpc) is 3.42. The second kappa shape index (κ2) is 10.3. The third-order valence-electron chi connectivity index (χ3n) is 6.99. The molecule has 3 N–H and O–H groups in total. The van der Waals surface area contributed by atoms with Gasteiger partial charge in [-0.1, -0.05) is 32.9 Å². The molecule has 0 bridgehead atoms. The van der Waals surface area contributed by atoms with Crippen LogP contribution in [0.5, 0.6) is 0 Å². The number of hydrogen-bond donors (Lipinski definition) is 3. The largest absolute Gasteiger partial charge is 0.364 e. The average molecular weight is 567 g/mol. The molecule has 13 nitrogen and oxygen atoms in total. The lowest BCUT2D eigenvalue weighted by Crippen LogP contribution is -2.21. The van der Waals surface area contributed by atoms with Gasteiger partial charge < -0.3 is 10.6 Å². The molecule has 2 aromatic carbocycles. The molecule has 13 heteroatoms. The van der Waals surface area contributed by atoms with Crippen LogP contribution in [-0.4, -0.2) is 46.4 Å². The van der Waals surface area contributed by atoms with Crippen molar-refractivity contribution in [2.75, 3.05) is 16.0 Å². The normalized spacial score (nSPS) is 13.2. The molecule has 5 aromatic rings. The Morgan fingerprint density at radius 3 is 2.60 bits per heavy atom. The fourth-order valence-electron chi connectivity index (χ4n) is 4.60. The minimum atomic E-state index is -0.481. The number of nitro benzene ring substituents is 1. The van der Waals surface area contributed by atoms with E-state index in [1.165, 1.54) is 23.1 Å². The molecule has 2 amide bonds. The van der Waals surface area contributed by atoms with E-state index in [1.54, 1.807) is 35.0 Å². The lowest BCUT2D eigenvalue weighted by Gasteiger charge is -2.14. The van der Waals surface area contributed by atoms with Gasteiger partial charge in [0.15, 0.2) is 11.5 Å². The fraction of sp³-hybridized carbons (Fsp3) is 0.276. The van der Waals surface area contributed by atoms with Crippen molar-refractivity contribution in [3.63, 3.8) is 0 Å². The highest BCUT2D eigenvalue weighted by Gasteiger charge is 2.24. The van der Waals surface area contributed by atoms with Crippen LogP contribution >= 0.6 is 0 Å². The van der Waals surface area contributed by atoms with E-state index in [0.29, 0.717) is 34.7 Å². The number of non-ortho nitro benzene ring substituents is 1. The molecule has 214 valence electrons. The molecule has 0 spiro atoms. The van der Waals surface area contributed by atoms with Gasteiger partial charge in [0.05, 0.1) is 28.2 Å². The van der Waals surface area contributed by atoms with Crippen molar-refractivity contribution in [1.82, 2.24) is 29.4 Å². The van der Waals surface area contributed by atoms with Crippen molar-refractivity contribution in [3.05, 3.63) is 82.4 Å². The summed E-state index contributed by atoms with van der Waals surface area (Å²) in [5.41, 5.74) is 4.63. The summed E-state index contributed by atoms with van der Waals surface area (Å²) in [7, 11) is 0. The van der Waals surface area contributed by atoms with Crippen LogP contribution in [0, 0.1) is 17.0 Å². The zero-order valence-electron chi connectivity index (χ0n) is 23.6. The van der Waals surface area contributed by atoms with Crippen LogP contribution < -0.4 is 16.0 Å². The van der Waals surface area contributed by atoms with E-state index in [9.17, 15) is 14.9 Å². The molecule has 0 radical (unpaired) electrons. The summed E-state index contributed by atoms with van der Waals surface area (Å²) in [5, 5.41) is 29.5. The Labute approximate surface area is 241 Å². The SMILES string of the molecule is Cc1cc(NC(=O)Nc2cc(C(C)(C)C)nn2-c2cccc([N+](=O)[O-])c2)ccc1-c1cnc(NC2CC2)c2ncnn12. The number of urea groups is 1. The standard InChI is InChI=1S/C29H30N10O3/c1-17-12-19(10-11-22(17)23-15-30-26(33-18-8-9-18)27-31-16-32-38(23)27)34-28(40)35-25-14-24(29(2,3)4)36-37(25)20-6-5-7-21(13-20)39(41)42/h5-7,10-16,18H,8-9H2,1-4H3,(H,30,33)(H2,34,35,40). The second-order valence-corrected chi connectivity index (χ2v) is 11.4. The van der Waals surface area contributed by atoms with Crippen LogP contribution in [0.15, 0.2) is 61.1 Å². The summed E-state index contributed by atoms with van der Waals surface area (Å²) < 4.78 is 3.27. The number of benzene rings is 2. The van der Waals surface area contributed by atoms with Gasteiger partial charge in [0.2, 0.25) is 0 Å². The summed E-state index contributed by atoms with van der Waals surface area (Å²) in [5.74, 6) is 1.09. The Morgan fingerprint density at radius 1 is 1.07 bits per heavy atom. The number of rotatable bonds is 7. The first-order valence-electron chi connectivity index (χ1n) is 13.6. The van der Waals surface area contributed by atoms with Crippen molar-refractivity contribution in [3.8, 4) is 16.9 Å². The Bertz CT molecular complexity index is 1830.